The zero-order valence-electron chi connectivity index (χ0n) is 8.46. The molecule has 2 nitrogen and oxygen atoms in total. The van der Waals surface area contributed by atoms with Gasteiger partial charge in [0, 0.05) is 21.2 Å². The molecule has 0 saturated heterocycles. The van der Waals surface area contributed by atoms with Crippen LogP contribution in [0.1, 0.15) is 40.0 Å². The molecular formula is C9H19NOS. The molecule has 1 rings (SSSR count). The second-order valence-corrected chi connectivity index (χ2v) is 7.25. The third-order valence-electron chi connectivity index (χ3n) is 2.13. The summed E-state index contributed by atoms with van der Waals surface area (Å²) in [4.78, 5) is 0. The van der Waals surface area contributed by atoms with Crippen molar-refractivity contribution >= 4 is 9.73 Å². The van der Waals surface area contributed by atoms with Crippen molar-refractivity contribution < 1.29 is 4.21 Å². The zero-order valence-corrected chi connectivity index (χ0v) is 9.28. The summed E-state index contributed by atoms with van der Waals surface area (Å²) in [6, 6.07) is 0. The van der Waals surface area contributed by atoms with E-state index in [9.17, 15) is 4.21 Å². The summed E-state index contributed by atoms with van der Waals surface area (Å²) >= 11 is 0. The first kappa shape index (κ1) is 10.0. The largest absolute Gasteiger partial charge is 0.250 e. The lowest BCUT2D eigenvalue weighted by atomic mass is 10.0. The first-order chi connectivity index (χ1) is 5.31. The van der Waals surface area contributed by atoms with Crippen molar-refractivity contribution in [3.05, 3.63) is 0 Å². The van der Waals surface area contributed by atoms with Gasteiger partial charge in [0.05, 0.1) is 5.54 Å². The highest BCUT2D eigenvalue weighted by Crippen LogP contribution is 2.28. The number of nitrogens with zero attached hydrogens (tertiary/aromatic N) is 1. The number of rotatable bonds is 1. The van der Waals surface area contributed by atoms with Gasteiger partial charge in [-0.3, -0.25) is 0 Å². The maximum atomic E-state index is 12.0. The maximum absolute atomic E-state index is 12.0. The van der Waals surface area contributed by atoms with E-state index in [1.54, 1.807) is 0 Å². The maximum Gasteiger partial charge on any atom is 0.0618 e. The van der Waals surface area contributed by atoms with Crippen LogP contribution in [-0.4, -0.2) is 21.3 Å². The molecule has 72 valence electrons. The molecule has 0 aliphatic heterocycles. The Balaban J connectivity index is 2.83. The van der Waals surface area contributed by atoms with Crippen molar-refractivity contribution in [1.29, 1.82) is 0 Å². The van der Waals surface area contributed by atoms with Gasteiger partial charge in [-0.15, -0.1) is 0 Å². The van der Waals surface area contributed by atoms with Crippen molar-refractivity contribution in [3.8, 4) is 0 Å². The molecule has 0 aromatic carbocycles. The minimum Gasteiger partial charge on any atom is -0.250 e. The van der Waals surface area contributed by atoms with E-state index in [0.717, 1.165) is 12.8 Å². The van der Waals surface area contributed by atoms with E-state index in [2.05, 4.69) is 4.36 Å². The molecule has 1 fully saturated rings. The second kappa shape index (κ2) is 3.02. The predicted octanol–water partition coefficient (Wildman–Crippen LogP) is 2.44. The van der Waals surface area contributed by atoms with Gasteiger partial charge in [0.2, 0.25) is 0 Å². The Hall–Kier alpha value is -0.0500. The SMILES string of the molecule is CC(C)(C)N=S(C)(=O)C1CCC1. The van der Waals surface area contributed by atoms with Gasteiger partial charge < -0.3 is 0 Å². The Morgan fingerprint density at radius 2 is 1.83 bits per heavy atom. The lowest BCUT2D eigenvalue weighted by Crippen LogP contribution is -2.29. The van der Waals surface area contributed by atoms with Gasteiger partial charge in [-0.2, -0.15) is 0 Å². The molecule has 0 aromatic heterocycles. The monoisotopic (exact) mass is 189 g/mol. The fraction of sp³-hybridized carbons (Fsp3) is 1.00. The molecular weight excluding hydrogens is 170 g/mol. The standard InChI is InChI=1S/C9H19NOS/c1-9(2,3)10-12(4,11)8-6-5-7-8/h8H,5-7H2,1-4H3. The molecule has 3 heteroatoms. The molecule has 0 N–H and O–H groups in total. The lowest BCUT2D eigenvalue weighted by Gasteiger charge is -2.28. The van der Waals surface area contributed by atoms with Crippen LogP contribution in [0, 0.1) is 0 Å². The van der Waals surface area contributed by atoms with Gasteiger partial charge in [-0.1, -0.05) is 6.42 Å². The van der Waals surface area contributed by atoms with E-state index in [1.165, 1.54) is 6.42 Å². The Bertz CT molecular complexity index is 265. The molecule has 0 aromatic rings. The Morgan fingerprint density at radius 3 is 2.08 bits per heavy atom. The molecule has 1 saturated carbocycles. The quantitative estimate of drug-likeness (QED) is 0.623. The second-order valence-electron chi connectivity index (χ2n) is 4.68. The summed E-state index contributed by atoms with van der Waals surface area (Å²) in [7, 11) is -1.91. The normalized spacial score (nSPS) is 24.3. The minimum absolute atomic E-state index is 0.151. The smallest absolute Gasteiger partial charge is 0.0618 e. The van der Waals surface area contributed by atoms with Gasteiger partial charge in [0.1, 0.15) is 0 Å². The number of hydrogen-bond acceptors (Lipinski definition) is 2. The van der Waals surface area contributed by atoms with Crippen molar-refractivity contribution in [2.75, 3.05) is 6.26 Å². The Labute approximate surface area is 75.9 Å². The highest BCUT2D eigenvalue weighted by Gasteiger charge is 2.27. The molecule has 0 heterocycles. The summed E-state index contributed by atoms with van der Waals surface area (Å²) in [5.41, 5.74) is -0.151. The fourth-order valence-corrected chi connectivity index (χ4v) is 3.87. The summed E-state index contributed by atoms with van der Waals surface area (Å²) in [6.07, 6.45) is 5.25. The molecule has 1 unspecified atom stereocenters. The molecule has 1 aliphatic rings. The summed E-state index contributed by atoms with van der Waals surface area (Å²) in [5.74, 6) is 0. The van der Waals surface area contributed by atoms with E-state index < -0.39 is 9.73 Å². The van der Waals surface area contributed by atoms with Gasteiger partial charge >= 0.3 is 0 Å². The first-order valence-corrected chi connectivity index (χ1v) is 6.52. The molecule has 0 spiro atoms. The highest BCUT2D eigenvalue weighted by molar-refractivity contribution is 7.93. The van der Waals surface area contributed by atoms with E-state index in [4.69, 9.17) is 0 Å². The minimum atomic E-state index is -1.91. The van der Waals surface area contributed by atoms with E-state index >= 15 is 0 Å². The van der Waals surface area contributed by atoms with Crippen LogP contribution in [0.4, 0.5) is 0 Å². The molecule has 0 amide bonds. The molecule has 12 heavy (non-hydrogen) atoms. The predicted molar refractivity (Wildman–Crippen MR) is 53.9 cm³/mol. The van der Waals surface area contributed by atoms with Crippen molar-refractivity contribution in [2.45, 2.75) is 50.8 Å². The summed E-state index contributed by atoms with van der Waals surface area (Å²) in [5, 5.41) is 0.372. The van der Waals surface area contributed by atoms with Crippen LogP contribution in [0.2, 0.25) is 0 Å². The highest BCUT2D eigenvalue weighted by atomic mass is 32.2. The fourth-order valence-electron chi connectivity index (χ4n) is 1.43. The van der Waals surface area contributed by atoms with Crippen molar-refractivity contribution in [3.63, 3.8) is 0 Å². The van der Waals surface area contributed by atoms with Crippen LogP contribution >= 0.6 is 0 Å². The Kier molecular flexibility index (Phi) is 2.52. The van der Waals surface area contributed by atoms with Gasteiger partial charge in [-0.05, 0) is 33.6 Å². The van der Waals surface area contributed by atoms with Gasteiger partial charge in [0.15, 0.2) is 0 Å². The summed E-state index contributed by atoms with van der Waals surface area (Å²) < 4.78 is 16.4. The van der Waals surface area contributed by atoms with Crippen LogP contribution in [-0.2, 0) is 9.73 Å². The number of hydrogen-bond donors (Lipinski definition) is 0. The molecule has 1 atom stereocenters. The average Bonchev–Trinajstić information content (AvgIpc) is 1.45. The third-order valence-corrected chi connectivity index (χ3v) is 4.74. The summed E-state index contributed by atoms with van der Waals surface area (Å²) in [6.45, 7) is 6.03. The van der Waals surface area contributed by atoms with Crippen LogP contribution in [0.25, 0.3) is 0 Å². The topological polar surface area (TPSA) is 29.4 Å². The first-order valence-electron chi connectivity index (χ1n) is 4.53. The van der Waals surface area contributed by atoms with Crippen LogP contribution in [0.15, 0.2) is 4.36 Å². The van der Waals surface area contributed by atoms with E-state index in [-0.39, 0.29) is 5.54 Å². The van der Waals surface area contributed by atoms with Crippen LogP contribution < -0.4 is 0 Å². The van der Waals surface area contributed by atoms with Crippen molar-refractivity contribution in [1.82, 2.24) is 0 Å². The van der Waals surface area contributed by atoms with Gasteiger partial charge in [0.25, 0.3) is 0 Å². The van der Waals surface area contributed by atoms with Crippen LogP contribution in [0.3, 0.4) is 0 Å². The average molecular weight is 189 g/mol. The molecule has 0 radical (unpaired) electrons. The lowest BCUT2D eigenvalue weighted by molar-refractivity contribution is 0.496. The van der Waals surface area contributed by atoms with E-state index in [0.29, 0.717) is 5.25 Å². The van der Waals surface area contributed by atoms with Gasteiger partial charge in [-0.25, -0.2) is 8.57 Å². The Morgan fingerprint density at radius 1 is 1.33 bits per heavy atom. The molecule has 1 aliphatic carbocycles. The van der Waals surface area contributed by atoms with Crippen molar-refractivity contribution in [2.24, 2.45) is 4.36 Å². The third kappa shape index (κ3) is 2.47. The molecule has 0 bridgehead atoms. The zero-order chi connectivity index (χ0) is 9.41. The van der Waals surface area contributed by atoms with E-state index in [1.807, 2.05) is 27.0 Å². The van der Waals surface area contributed by atoms with Crippen LogP contribution in [0.5, 0.6) is 0 Å².